The summed E-state index contributed by atoms with van der Waals surface area (Å²) >= 11 is 0. The van der Waals surface area contributed by atoms with Crippen molar-refractivity contribution in [2.75, 3.05) is 7.05 Å². The van der Waals surface area contributed by atoms with Gasteiger partial charge in [-0.3, -0.25) is 9.59 Å². The molecule has 0 saturated heterocycles. The van der Waals surface area contributed by atoms with Crippen LogP contribution in [-0.2, 0) is 14.3 Å². The molecular formula is C10H19N3O4. The van der Waals surface area contributed by atoms with Crippen LogP contribution in [0.3, 0.4) is 0 Å². The highest BCUT2D eigenvalue weighted by atomic mass is 16.6. The van der Waals surface area contributed by atoms with Crippen molar-refractivity contribution < 1.29 is 19.1 Å². The van der Waals surface area contributed by atoms with Crippen LogP contribution in [0.5, 0.6) is 0 Å². The Morgan fingerprint density at radius 2 is 1.82 bits per heavy atom. The molecule has 0 aliphatic rings. The number of nitrogens with one attached hydrogen (secondary N) is 2. The highest BCUT2D eigenvalue weighted by Gasteiger charge is 2.24. The number of hydrogen-bond acceptors (Lipinski definition) is 4. The number of alkyl carbamates (subject to hydrolysis) is 1. The number of hydrogen-bond donors (Lipinski definition) is 3. The Balaban J connectivity index is 4.48. The number of amides is 3. The van der Waals surface area contributed by atoms with Crippen LogP contribution in [0.4, 0.5) is 4.79 Å². The predicted molar refractivity (Wildman–Crippen MR) is 61.0 cm³/mol. The van der Waals surface area contributed by atoms with E-state index in [1.54, 1.807) is 20.8 Å². The average molecular weight is 245 g/mol. The van der Waals surface area contributed by atoms with E-state index in [0.29, 0.717) is 0 Å². The fourth-order valence-corrected chi connectivity index (χ4v) is 1.03. The van der Waals surface area contributed by atoms with Crippen LogP contribution in [0.15, 0.2) is 0 Å². The number of rotatable bonds is 4. The molecule has 0 aliphatic carbocycles. The quantitative estimate of drug-likeness (QED) is 0.620. The maximum atomic E-state index is 11.4. The molecule has 7 heteroatoms. The van der Waals surface area contributed by atoms with Gasteiger partial charge in [0.2, 0.25) is 11.8 Å². The zero-order valence-corrected chi connectivity index (χ0v) is 10.5. The van der Waals surface area contributed by atoms with Crippen molar-refractivity contribution in [3.63, 3.8) is 0 Å². The Bertz CT molecular complexity index is 309. The molecule has 0 aromatic carbocycles. The van der Waals surface area contributed by atoms with E-state index in [0.717, 1.165) is 0 Å². The van der Waals surface area contributed by atoms with Gasteiger partial charge < -0.3 is 21.1 Å². The van der Waals surface area contributed by atoms with Gasteiger partial charge in [0.15, 0.2) is 0 Å². The minimum Gasteiger partial charge on any atom is -0.444 e. The van der Waals surface area contributed by atoms with Gasteiger partial charge in [0.25, 0.3) is 0 Å². The van der Waals surface area contributed by atoms with Gasteiger partial charge in [-0.15, -0.1) is 0 Å². The molecular weight excluding hydrogens is 226 g/mol. The van der Waals surface area contributed by atoms with Gasteiger partial charge in [-0.2, -0.15) is 0 Å². The molecule has 0 saturated carbocycles. The Morgan fingerprint density at radius 1 is 1.29 bits per heavy atom. The van der Waals surface area contributed by atoms with Gasteiger partial charge in [0.05, 0.1) is 6.42 Å². The molecule has 17 heavy (non-hydrogen) atoms. The fourth-order valence-electron chi connectivity index (χ4n) is 1.03. The third-order valence-corrected chi connectivity index (χ3v) is 1.66. The normalized spacial score (nSPS) is 12.5. The first-order valence-electron chi connectivity index (χ1n) is 5.15. The van der Waals surface area contributed by atoms with Crippen LogP contribution < -0.4 is 16.4 Å². The van der Waals surface area contributed by atoms with Crippen LogP contribution in [0.1, 0.15) is 27.2 Å². The molecule has 0 aromatic rings. The Kier molecular flexibility index (Phi) is 5.43. The highest BCUT2D eigenvalue weighted by Crippen LogP contribution is 2.07. The van der Waals surface area contributed by atoms with Gasteiger partial charge in [0, 0.05) is 7.05 Å². The van der Waals surface area contributed by atoms with Gasteiger partial charge in [-0.05, 0) is 20.8 Å². The molecule has 0 radical (unpaired) electrons. The average Bonchev–Trinajstić information content (AvgIpc) is 2.11. The second kappa shape index (κ2) is 6.07. The Labute approximate surface area is 100 Å². The summed E-state index contributed by atoms with van der Waals surface area (Å²) in [5.41, 5.74) is 4.30. The Hall–Kier alpha value is -1.79. The number of ether oxygens (including phenoxy) is 1. The molecule has 0 bridgehead atoms. The molecule has 0 aliphatic heterocycles. The third-order valence-electron chi connectivity index (χ3n) is 1.66. The number of likely N-dealkylation sites (N-methyl/N-ethyl adjacent to an activating group) is 1. The monoisotopic (exact) mass is 245 g/mol. The summed E-state index contributed by atoms with van der Waals surface area (Å²) in [5.74, 6) is -1.19. The fraction of sp³-hybridized carbons (Fsp3) is 0.700. The van der Waals surface area contributed by atoms with Crippen LogP contribution in [0.25, 0.3) is 0 Å². The molecule has 7 nitrogen and oxygen atoms in total. The molecule has 0 heterocycles. The van der Waals surface area contributed by atoms with E-state index in [1.807, 2.05) is 0 Å². The smallest absolute Gasteiger partial charge is 0.408 e. The van der Waals surface area contributed by atoms with Crippen LogP contribution >= 0.6 is 0 Å². The van der Waals surface area contributed by atoms with Crippen molar-refractivity contribution in [2.24, 2.45) is 5.73 Å². The van der Waals surface area contributed by atoms with E-state index < -0.39 is 29.6 Å². The second-order valence-corrected chi connectivity index (χ2v) is 4.48. The summed E-state index contributed by atoms with van der Waals surface area (Å²) in [4.78, 5) is 33.5. The first kappa shape index (κ1) is 15.2. The number of primary amides is 1. The molecule has 98 valence electrons. The number of nitrogens with two attached hydrogens (primary N) is 1. The van der Waals surface area contributed by atoms with Crippen molar-refractivity contribution in [1.29, 1.82) is 0 Å². The zero-order chi connectivity index (χ0) is 13.6. The van der Waals surface area contributed by atoms with E-state index in [1.165, 1.54) is 7.05 Å². The van der Waals surface area contributed by atoms with E-state index in [-0.39, 0.29) is 6.42 Å². The van der Waals surface area contributed by atoms with Gasteiger partial charge in [-0.25, -0.2) is 4.79 Å². The van der Waals surface area contributed by atoms with Crippen LogP contribution in [-0.4, -0.2) is 36.6 Å². The number of carbonyl (C=O) groups is 3. The molecule has 0 spiro atoms. The van der Waals surface area contributed by atoms with Gasteiger partial charge in [0.1, 0.15) is 11.6 Å². The zero-order valence-electron chi connectivity index (χ0n) is 10.5. The summed E-state index contributed by atoms with van der Waals surface area (Å²) in [6.45, 7) is 5.07. The standard InChI is InChI=1S/C10H19N3O4/c1-10(2,3)17-9(16)13-6(5-7(11)14)8(15)12-4/h6H,5H2,1-4H3,(H2,11,14)(H,12,15)(H,13,16). The molecule has 3 amide bonds. The predicted octanol–water partition coefficient (Wildman–Crippen LogP) is -0.499. The summed E-state index contributed by atoms with van der Waals surface area (Å²) in [5, 5.41) is 4.60. The van der Waals surface area contributed by atoms with Crippen molar-refractivity contribution in [3.8, 4) is 0 Å². The topological polar surface area (TPSA) is 111 Å². The van der Waals surface area contributed by atoms with Crippen LogP contribution in [0, 0.1) is 0 Å². The summed E-state index contributed by atoms with van der Waals surface area (Å²) in [7, 11) is 1.40. The van der Waals surface area contributed by atoms with Crippen molar-refractivity contribution >= 4 is 17.9 Å². The van der Waals surface area contributed by atoms with E-state index in [4.69, 9.17) is 10.5 Å². The minimum absolute atomic E-state index is 0.279. The van der Waals surface area contributed by atoms with E-state index in [2.05, 4.69) is 10.6 Å². The van der Waals surface area contributed by atoms with E-state index >= 15 is 0 Å². The van der Waals surface area contributed by atoms with Crippen molar-refractivity contribution in [2.45, 2.75) is 38.8 Å². The third kappa shape index (κ3) is 7.15. The van der Waals surface area contributed by atoms with Crippen LogP contribution in [0.2, 0.25) is 0 Å². The SMILES string of the molecule is CNC(=O)C(CC(N)=O)NC(=O)OC(C)(C)C. The number of carbonyl (C=O) groups excluding carboxylic acids is 3. The van der Waals surface area contributed by atoms with Crippen molar-refractivity contribution in [1.82, 2.24) is 10.6 Å². The summed E-state index contributed by atoms with van der Waals surface area (Å²) < 4.78 is 4.96. The van der Waals surface area contributed by atoms with Gasteiger partial charge >= 0.3 is 6.09 Å². The first-order valence-corrected chi connectivity index (χ1v) is 5.15. The molecule has 4 N–H and O–H groups in total. The second-order valence-electron chi connectivity index (χ2n) is 4.48. The highest BCUT2D eigenvalue weighted by molar-refractivity contribution is 5.90. The lowest BCUT2D eigenvalue weighted by Gasteiger charge is -2.22. The lowest BCUT2D eigenvalue weighted by molar-refractivity contribution is -0.126. The van der Waals surface area contributed by atoms with Crippen molar-refractivity contribution in [3.05, 3.63) is 0 Å². The maximum Gasteiger partial charge on any atom is 0.408 e. The lowest BCUT2D eigenvalue weighted by Crippen LogP contribution is -2.49. The molecule has 0 aromatic heterocycles. The van der Waals surface area contributed by atoms with E-state index in [9.17, 15) is 14.4 Å². The lowest BCUT2D eigenvalue weighted by atomic mass is 10.2. The molecule has 1 unspecified atom stereocenters. The molecule has 1 atom stereocenters. The first-order chi connectivity index (χ1) is 7.65. The molecule has 0 fully saturated rings. The summed E-state index contributed by atoms with van der Waals surface area (Å²) in [6.07, 6.45) is -1.05. The molecule has 0 rings (SSSR count). The van der Waals surface area contributed by atoms with Gasteiger partial charge in [-0.1, -0.05) is 0 Å². The Morgan fingerprint density at radius 3 is 2.18 bits per heavy atom. The largest absolute Gasteiger partial charge is 0.444 e. The minimum atomic E-state index is -1.02. The maximum absolute atomic E-state index is 11.4. The summed E-state index contributed by atoms with van der Waals surface area (Å²) in [6, 6.07) is -1.02.